The molecule has 0 bridgehead atoms. The van der Waals surface area contributed by atoms with Crippen LogP contribution in [0, 0.1) is 5.92 Å². The second-order valence-electron chi connectivity index (χ2n) is 6.07. The molecule has 1 aliphatic rings. The molecule has 2 aromatic carbocycles. The van der Waals surface area contributed by atoms with Crippen molar-refractivity contribution in [3.8, 4) is 0 Å². The highest BCUT2D eigenvalue weighted by Crippen LogP contribution is 2.40. The summed E-state index contributed by atoms with van der Waals surface area (Å²) in [7, 11) is -1.24. The molecule has 110 valence electrons. The van der Waals surface area contributed by atoms with E-state index in [2.05, 4.69) is 31.2 Å². The van der Waals surface area contributed by atoms with E-state index in [0.29, 0.717) is 5.92 Å². The van der Waals surface area contributed by atoms with Crippen LogP contribution >= 0.6 is 8.15 Å². The summed E-state index contributed by atoms with van der Waals surface area (Å²) in [5.41, 5.74) is 1.38. The van der Waals surface area contributed by atoms with E-state index in [4.69, 9.17) is 0 Å². The second kappa shape index (κ2) is 6.73. The summed E-state index contributed by atoms with van der Waals surface area (Å²) >= 11 is 0. The van der Waals surface area contributed by atoms with Crippen LogP contribution in [0.1, 0.15) is 44.1 Å². The van der Waals surface area contributed by atoms with Crippen LogP contribution in [-0.2, 0) is 0 Å². The summed E-state index contributed by atoms with van der Waals surface area (Å²) in [6.45, 7) is 2.36. The molecule has 2 heteroatoms. The van der Waals surface area contributed by atoms with E-state index in [-0.39, 0.29) is 0 Å². The van der Waals surface area contributed by atoms with Gasteiger partial charge >= 0.3 is 0 Å². The average molecular weight is 298 g/mol. The fourth-order valence-electron chi connectivity index (χ4n) is 3.48. The molecule has 1 N–H and O–H groups in total. The third-order valence-corrected chi connectivity index (χ3v) is 6.33. The van der Waals surface area contributed by atoms with Crippen molar-refractivity contribution in [1.29, 1.82) is 0 Å². The van der Waals surface area contributed by atoms with Gasteiger partial charge in [0, 0.05) is 10.6 Å². The molecule has 3 rings (SSSR count). The molecule has 0 radical (unpaired) electrons. The van der Waals surface area contributed by atoms with Crippen LogP contribution in [0.15, 0.2) is 54.6 Å². The van der Waals surface area contributed by atoms with Gasteiger partial charge in [-0.3, -0.25) is 0 Å². The van der Waals surface area contributed by atoms with E-state index in [1.807, 2.05) is 30.3 Å². The first-order valence-electron chi connectivity index (χ1n) is 7.90. The largest absolute Gasteiger partial charge is 0.364 e. The Balaban J connectivity index is 1.96. The summed E-state index contributed by atoms with van der Waals surface area (Å²) in [6, 6.07) is 18.6. The maximum absolute atomic E-state index is 10.9. The highest BCUT2D eigenvalue weighted by molar-refractivity contribution is 7.67. The van der Waals surface area contributed by atoms with E-state index < -0.39 is 8.15 Å². The van der Waals surface area contributed by atoms with Gasteiger partial charge in [-0.1, -0.05) is 80.8 Å². The third kappa shape index (κ3) is 3.20. The van der Waals surface area contributed by atoms with Gasteiger partial charge in [0.1, 0.15) is 0 Å². The molecule has 1 aliphatic carbocycles. The first kappa shape index (κ1) is 14.8. The molecule has 3 atom stereocenters. The number of rotatable bonds is 3. The molecule has 0 amide bonds. The summed E-state index contributed by atoms with van der Waals surface area (Å²) in [5.74, 6) is 1.33. The predicted molar refractivity (Wildman–Crippen MR) is 91.7 cm³/mol. The number of hydrogen-bond donors (Lipinski definition) is 1. The molecule has 1 saturated carbocycles. The minimum Gasteiger partial charge on any atom is -0.364 e. The van der Waals surface area contributed by atoms with Gasteiger partial charge in [-0.05, 0) is 23.8 Å². The van der Waals surface area contributed by atoms with Crippen molar-refractivity contribution in [2.24, 2.45) is 5.92 Å². The van der Waals surface area contributed by atoms with Crippen LogP contribution in [0.5, 0.6) is 0 Å². The Bertz CT molecular complexity index is 581. The van der Waals surface area contributed by atoms with E-state index in [9.17, 15) is 4.89 Å². The van der Waals surface area contributed by atoms with Gasteiger partial charge in [0.2, 0.25) is 0 Å². The zero-order valence-corrected chi connectivity index (χ0v) is 13.5. The summed E-state index contributed by atoms with van der Waals surface area (Å²) in [5, 5.41) is 2.20. The fourth-order valence-corrected chi connectivity index (χ4v) is 4.93. The monoisotopic (exact) mass is 298 g/mol. The fraction of sp³-hybridized carbons (Fsp3) is 0.368. The molecule has 3 unspecified atom stereocenters. The summed E-state index contributed by atoms with van der Waals surface area (Å²) in [6.07, 6.45) is 5.24. The Morgan fingerprint density at radius 2 is 1.57 bits per heavy atom. The van der Waals surface area contributed by atoms with E-state index in [0.717, 1.165) is 16.5 Å². The first-order valence-corrected chi connectivity index (χ1v) is 9.20. The minimum atomic E-state index is -1.24. The molecule has 21 heavy (non-hydrogen) atoms. The number of hydrogen-bond acceptors (Lipinski definition) is 1. The molecule has 0 heterocycles. The molecule has 0 aromatic heterocycles. The average Bonchev–Trinajstić information content (AvgIpc) is 2.55. The smallest absolute Gasteiger partial charge is 0.0880 e. The summed E-state index contributed by atoms with van der Waals surface area (Å²) < 4.78 is 0. The van der Waals surface area contributed by atoms with Crippen LogP contribution in [0.25, 0.3) is 0 Å². The zero-order chi connectivity index (χ0) is 14.7. The van der Waals surface area contributed by atoms with Crippen molar-refractivity contribution >= 4 is 18.8 Å². The van der Waals surface area contributed by atoms with Crippen molar-refractivity contribution in [2.75, 3.05) is 0 Å². The first-order chi connectivity index (χ1) is 10.3. The minimum absolute atomic E-state index is 0.607. The van der Waals surface area contributed by atoms with E-state index >= 15 is 0 Å². The lowest BCUT2D eigenvalue weighted by Crippen LogP contribution is -2.23. The Morgan fingerprint density at radius 1 is 0.905 bits per heavy atom. The standard InChI is InChI=1S/C19H23OP/c1-15-9-5-6-12-17(15)18-13-7-8-14-19(18)21(20)16-10-3-2-4-11-16/h2-4,7-8,10-11,13-15,17,20H,5-6,9,12H2,1H3. The maximum atomic E-state index is 10.9. The van der Waals surface area contributed by atoms with Crippen molar-refractivity contribution < 1.29 is 4.89 Å². The molecule has 2 aromatic rings. The van der Waals surface area contributed by atoms with Gasteiger partial charge in [-0.15, -0.1) is 0 Å². The lowest BCUT2D eigenvalue weighted by atomic mass is 9.76. The zero-order valence-electron chi connectivity index (χ0n) is 12.6. The van der Waals surface area contributed by atoms with Crippen LogP contribution in [-0.4, -0.2) is 4.89 Å². The predicted octanol–water partition coefficient (Wildman–Crippen LogP) is 4.32. The molecule has 0 spiro atoms. The van der Waals surface area contributed by atoms with Crippen molar-refractivity contribution in [2.45, 2.75) is 38.5 Å². The second-order valence-corrected chi connectivity index (χ2v) is 7.70. The third-order valence-electron chi connectivity index (χ3n) is 4.68. The molecule has 0 aliphatic heterocycles. The van der Waals surface area contributed by atoms with E-state index in [1.54, 1.807) is 0 Å². The van der Waals surface area contributed by atoms with Crippen molar-refractivity contribution in [3.63, 3.8) is 0 Å². The van der Waals surface area contributed by atoms with Crippen molar-refractivity contribution in [3.05, 3.63) is 60.2 Å². The Morgan fingerprint density at radius 3 is 2.33 bits per heavy atom. The maximum Gasteiger partial charge on any atom is 0.0880 e. The molecular weight excluding hydrogens is 275 g/mol. The van der Waals surface area contributed by atoms with Crippen molar-refractivity contribution in [1.82, 2.24) is 0 Å². The molecular formula is C19H23OP. The van der Waals surface area contributed by atoms with Gasteiger partial charge in [0.05, 0.1) is 8.15 Å². The summed E-state index contributed by atoms with van der Waals surface area (Å²) in [4.78, 5) is 10.9. The van der Waals surface area contributed by atoms with Gasteiger partial charge in [-0.2, -0.15) is 0 Å². The number of benzene rings is 2. The van der Waals surface area contributed by atoms with Crippen LogP contribution in [0.4, 0.5) is 0 Å². The Labute approximate surface area is 128 Å². The lowest BCUT2D eigenvalue weighted by Gasteiger charge is -2.31. The molecule has 1 fully saturated rings. The highest BCUT2D eigenvalue weighted by atomic mass is 31.1. The molecule has 0 saturated heterocycles. The highest BCUT2D eigenvalue weighted by Gasteiger charge is 2.26. The topological polar surface area (TPSA) is 20.2 Å². The Kier molecular flexibility index (Phi) is 4.73. The normalized spacial score (nSPS) is 23.7. The van der Waals surface area contributed by atoms with Crippen LogP contribution < -0.4 is 10.6 Å². The van der Waals surface area contributed by atoms with Gasteiger partial charge in [-0.25, -0.2) is 0 Å². The quantitative estimate of drug-likeness (QED) is 0.837. The van der Waals surface area contributed by atoms with Crippen LogP contribution in [0.2, 0.25) is 0 Å². The Hall–Kier alpha value is -1.17. The van der Waals surface area contributed by atoms with Gasteiger partial charge < -0.3 is 4.89 Å². The van der Waals surface area contributed by atoms with Crippen LogP contribution in [0.3, 0.4) is 0 Å². The lowest BCUT2D eigenvalue weighted by molar-refractivity contribution is 0.331. The van der Waals surface area contributed by atoms with Gasteiger partial charge in [0.25, 0.3) is 0 Å². The van der Waals surface area contributed by atoms with E-state index in [1.165, 1.54) is 31.2 Å². The molecule has 1 nitrogen and oxygen atoms in total. The van der Waals surface area contributed by atoms with Gasteiger partial charge in [0.15, 0.2) is 0 Å². The SMILES string of the molecule is CC1CCCCC1c1ccccc1P(O)c1ccccc1.